The van der Waals surface area contributed by atoms with Crippen LogP contribution in [-0.4, -0.2) is 37.4 Å². The molecule has 0 aromatic rings. The first-order valence-electron chi connectivity index (χ1n) is 0.816. The summed E-state index contributed by atoms with van der Waals surface area (Å²) in [6.07, 6.45) is 0. The minimum Gasteiger partial charge on any atom is -0.471 e. The fourth-order valence-corrected chi connectivity index (χ4v) is 0. The molecule has 5 heteroatoms. The van der Waals surface area contributed by atoms with Gasteiger partial charge in [-0.2, -0.15) is 0 Å². The van der Waals surface area contributed by atoms with Gasteiger partial charge in [0, 0.05) is 11.0 Å². The maximum Gasteiger partial charge on any atom is 0.129 e. The Morgan fingerprint density at radius 1 is 1.20 bits per heavy atom. The Labute approximate surface area is 42.3 Å². The Morgan fingerprint density at radius 2 is 1.20 bits per heavy atom. The van der Waals surface area contributed by atoms with Crippen LogP contribution in [0.15, 0.2) is 0 Å². The van der Waals surface area contributed by atoms with E-state index in [0.29, 0.717) is 0 Å². The predicted octanol–water partition coefficient (Wildman–Crippen LogP) is -3.64. The zero-order valence-electron chi connectivity index (χ0n) is 3.41. The second kappa shape index (κ2) is 23.6. The van der Waals surface area contributed by atoms with Crippen molar-refractivity contribution in [1.29, 1.82) is 0 Å². The lowest BCUT2D eigenvalue weighted by molar-refractivity contribution is 0.690. The van der Waals surface area contributed by atoms with E-state index < -0.39 is 0 Å². The van der Waals surface area contributed by atoms with E-state index in [1.807, 2.05) is 0 Å². The first kappa shape index (κ1) is 17.6. The molecule has 0 heterocycles. The molecule has 0 aliphatic heterocycles. The molecule has 0 spiro atoms. The summed E-state index contributed by atoms with van der Waals surface area (Å²) in [6.45, 7) is 0. The van der Waals surface area contributed by atoms with E-state index in [9.17, 15) is 0 Å². The SMILES string of the molecule is O.[SiH3]O[SiH3].[Si]. The molecule has 0 aliphatic carbocycles. The van der Waals surface area contributed by atoms with Crippen molar-refractivity contribution in [2.75, 3.05) is 0 Å². The molecule has 0 unspecified atom stereocenters. The van der Waals surface area contributed by atoms with Crippen LogP contribution in [0.25, 0.3) is 0 Å². The third-order valence-corrected chi connectivity index (χ3v) is 0. The smallest absolute Gasteiger partial charge is 0.129 e. The summed E-state index contributed by atoms with van der Waals surface area (Å²) in [5, 5.41) is 0. The predicted molar refractivity (Wildman–Crippen MR) is 30.3 cm³/mol. The largest absolute Gasteiger partial charge is 0.471 e. The van der Waals surface area contributed by atoms with Gasteiger partial charge < -0.3 is 9.59 Å². The number of hydrogen-bond donors (Lipinski definition) is 0. The van der Waals surface area contributed by atoms with Gasteiger partial charge in [-0.05, 0) is 0 Å². The molecule has 5 heavy (non-hydrogen) atoms. The van der Waals surface area contributed by atoms with Crippen molar-refractivity contribution >= 4 is 31.9 Å². The minimum absolute atomic E-state index is 0. The summed E-state index contributed by atoms with van der Waals surface area (Å²) in [5.74, 6) is 0. The van der Waals surface area contributed by atoms with E-state index in [1.165, 1.54) is 0 Å². The normalized spacial score (nSPS) is 4.80. The van der Waals surface area contributed by atoms with Crippen LogP contribution < -0.4 is 0 Å². The fourth-order valence-electron chi connectivity index (χ4n) is 0. The van der Waals surface area contributed by atoms with Gasteiger partial charge in [0.05, 0.1) is 0 Å². The van der Waals surface area contributed by atoms with Crippen LogP contribution in [0.4, 0.5) is 0 Å². The zero-order chi connectivity index (χ0) is 2.71. The molecule has 0 saturated carbocycles. The highest BCUT2D eigenvalue weighted by Gasteiger charge is 1.28. The van der Waals surface area contributed by atoms with E-state index in [0.717, 1.165) is 21.0 Å². The maximum atomic E-state index is 4.53. The average molecular weight is 124 g/mol. The molecular formula is H8O2Si3. The van der Waals surface area contributed by atoms with E-state index in [4.69, 9.17) is 0 Å². The van der Waals surface area contributed by atoms with Crippen molar-refractivity contribution in [3.05, 3.63) is 0 Å². The fraction of sp³-hybridized carbons (Fsp3) is 0. The third kappa shape index (κ3) is 92.8. The Morgan fingerprint density at radius 3 is 1.20 bits per heavy atom. The van der Waals surface area contributed by atoms with Gasteiger partial charge in [0.25, 0.3) is 0 Å². The van der Waals surface area contributed by atoms with Gasteiger partial charge in [-0.15, -0.1) is 0 Å². The highest BCUT2D eigenvalue weighted by molar-refractivity contribution is 6.15. The summed E-state index contributed by atoms with van der Waals surface area (Å²) in [7, 11) is 1.86. The monoisotopic (exact) mass is 124 g/mol. The molecule has 4 radical (unpaired) electrons. The summed E-state index contributed by atoms with van der Waals surface area (Å²) in [5.41, 5.74) is 0. The number of hydrogen-bond acceptors (Lipinski definition) is 1. The quantitative estimate of drug-likeness (QED) is 0.307. The van der Waals surface area contributed by atoms with Crippen molar-refractivity contribution in [2.45, 2.75) is 0 Å². The van der Waals surface area contributed by atoms with Gasteiger partial charge in [0.1, 0.15) is 21.0 Å². The average Bonchev–Trinajstić information content (AvgIpc) is 0.918. The second-order valence-corrected chi connectivity index (χ2v) is 3.67. The highest BCUT2D eigenvalue weighted by atomic mass is 28.3. The molecule has 0 aromatic carbocycles. The lowest BCUT2D eigenvalue weighted by Crippen LogP contribution is -1.65. The molecule has 0 saturated heterocycles. The van der Waals surface area contributed by atoms with Crippen LogP contribution in [0.3, 0.4) is 0 Å². The van der Waals surface area contributed by atoms with Crippen molar-refractivity contribution in [2.24, 2.45) is 0 Å². The molecule has 0 bridgehead atoms. The van der Waals surface area contributed by atoms with Crippen molar-refractivity contribution in [3.8, 4) is 0 Å². The Bertz CT molecular complexity index is 4.85. The lowest BCUT2D eigenvalue weighted by Gasteiger charge is -1.62. The maximum absolute atomic E-state index is 4.53. The van der Waals surface area contributed by atoms with Crippen molar-refractivity contribution in [1.82, 2.24) is 0 Å². The van der Waals surface area contributed by atoms with Crippen LogP contribution >= 0.6 is 0 Å². The Balaban J connectivity index is -0.0000000200. The molecule has 0 aliphatic rings. The van der Waals surface area contributed by atoms with Crippen LogP contribution in [0, 0.1) is 0 Å². The Kier molecular flexibility index (Phi) is 83.2. The van der Waals surface area contributed by atoms with Crippen molar-refractivity contribution in [3.63, 3.8) is 0 Å². The summed E-state index contributed by atoms with van der Waals surface area (Å²) < 4.78 is 4.53. The summed E-state index contributed by atoms with van der Waals surface area (Å²) >= 11 is 0. The second-order valence-electron chi connectivity index (χ2n) is 0.408. The van der Waals surface area contributed by atoms with Crippen molar-refractivity contribution < 1.29 is 9.59 Å². The topological polar surface area (TPSA) is 40.7 Å². The van der Waals surface area contributed by atoms with Gasteiger partial charge in [-0.25, -0.2) is 0 Å². The standard InChI is InChI=1S/H6OSi2.H2O.Si/c2-1-3;;/h2-3H3;1H2;. The molecule has 0 amide bonds. The molecule has 0 fully saturated rings. The molecule has 2 nitrogen and oxygen atoms in total. The summed E-state index contributed by atoms with van der Waals surface area (Å²) in [4.78, 5) is 0. The van der Waals surface area contributed by atoms with Gasteiger partial charge in [-0.3, -0.25) is 0 Å². The third-order valence-electron chi connectivity index (χ3n) is 0. The lowest BCUT2D eigenvalue weighted by atomic mass is 15.8. The van der Waals surface area contributed by atoms with Gasteiger partial charge >= 0.3 is 0 Å². The number of rotatable bonds is 0. The van der Waals surface area contributed by atoms with Crippen LogP contribution in [0.5, 0.6) is 0 Å². The van der Waals surface area contributed by atoms with E-state index in [-0.39, 0.29) is 16.4 Å². The Hall–Kier alpha value is 0.571. The van der Waals surface area contributed by atoms with Crippen LogP contribution in [-0.2, 0) is 4.12 Å². The van der Waals surface area contributed by atoms with Crippen LogP contribution in [0.2, 0.25) is 0 Å². The summed E-state index contributed by atoms with van der Waals surface area (Å²) in [6, 6.07) is 0. The van der Waals surface area contributed by atoms with E-state index >= 15 is 0 Å². The first-order chi connectivity index (χ1) is 1.41. The van der Waals surface area contributed by atoms with E-state index in [1.54, 1.807) is 0 Å². The molecule has 32 valence electrons. The van der Waals surface area contributed by atoms with Gasteiger partial charge in [-0.1, -0.05) is 0 Å². The first-order valence-corrected chi connectivity index (χ1v) is 2.45. The molecule has 0 atom stereocenters. The van der Waals surface area contributed by atoms with Gasteiger partial charge in [0.2, 0.25) is 0 Å². The minimum atomic E-state index is 0. The zero-order valence-corrected chi connectivity index (χ0v) is 8.41. The van der Waals surface area contributed by atoms with E-state index in [2.05, 4.69) is 4.12 Å². The molecular weight excluding hydrogens is 116 g/mol. The van der Waals surface area contributed by atoms with Gasteiger partial charge in [0.15, 0.2) is 0 Å². The molecule has 0 rings (SSSR count). The molecule has 2 N–H and O–H groups in total. The molecule has 0 aromatic heterocycles. The van der Waals surface area contributed by atoms with Crippen LogP contribution in [0.1, 0.15) is 0 Å². The highest BCUT2D eigenvalue weighted by Crippen LogP contribution is 1.20.